The molecule has 3 heterocycles. The third-order valence-corrected chi connectivity index (χ3v) is 7.86. The van der Waals surface area contributed by atoms with Gasteiger partial charge < -0.3 is 15.1 Å². The summed E-state index contributed by atoms with van der Waals surface area (Å²) < 4.78 is 2.23. The number of piperidine rings is 1. The third-order valence-electron chi connectivity index (χ3n) is 6.06. The molecule has 0 atom stereocenters. The highest BCUT2D eigenvalue weighted by Crippen LogP contribution is 2.41. The summed E-state index contributed by atoms with van der Waals surface area (Å²) in [6.07, 6.45) is 4.64. The number of likely N-dealkylation sites (N-methyl/N-ethyl adjacent to an activating group) is 1. The van der Waals surface area contributed by atoms with Crippen LogP contribution < -0.4 is 10.2 Å². The highest BCUT2D eigenvalue weighted by Gasteiger charge is 2.33. The van der Waals surface area contributed by atoms with Gasteiger partial charge in [-0.1, -0.05) is 24.8 Å². The molecule has 2 aromatic heterocycles. The zero-order valence-corrected chi connectivity index (χ0v) is 20.5. The Morgan fingerprint density at radius 2 is 2.03 bits per heavy atom. The number of hydrogen-bond acceptors (Lipinski definition) is 7. The molecule has 0 radical (unpaired) electrons. The molecule has 2 fully saturated rings. The Bertz CT molecular complexity index is 904. The molecular formula is C22H32N6O2S2. The van der Waals surface area contributed by atoms with Gasteiger partial charge in [-0.3, -0.25) is 14.2 Å². The predicted molar refractivity (Wildman–Crippen MR) is 128 cm³/mol. The van der Waals surface area contributed by atoms with Gasteiger partial charge in [0, 0.05) is 30.6 Å². The maximum Gasteiger partial charge on any atom is 0.239 e. The average Bonchev–Trinajstić information content (AvgIpc) is 3.32. The Labute approximate surface area is 197 Å². The molecule has 2 aromatic rings. The average molecular weight is 477 g/mol. The number of thioether (sulfide) groups is 1. The van der Waals surface area contributed by atoms with Crippen LogP contribution in [0.25, 0.3) is 0 Å². The van der Waals surface area contributed by atoms with Gasteiger partial charge in [0.1, 0.15) is 0 Å². The number of rotatable bonds is 10. The number of nitrogens with one attached hydrogen (secondary N) is 1. The third kappa shape index (κ3) is 5.83. The number of anilines is 1. The Kier molecular flexibility index (Phi) is 7.72. The van der Waals surface area contributed by atoms with Crippen molar-refractivity contribution in [3.8, 4) is 0 Å². The predicted octanol–water partition coefficient (Wildman–Crippen LogP) is 3.17. The van der Waals surface area contributed by atoms with E-state index in [1.165, 1.54) is 24.6 Å². The fourth-order valence-electron chi connectivity index (χ4n) is 3.87. The normalized spacial score (nSPS) is 16.9. The van der Waals surface area contributed by atoms with E-state index in [4.69, 9.17) is 0 Å². The summed E-state index contributed by atoms with van der Waals surface area (Å²) >= 11 is 3.04. The largest absolute Gasteiger partial charge is 0.350 e. The zero-order valence-electron chi connectivity index (χ0n) is 18.8. The van der Waals surface area contributed by atoms with Gasteiger partial charge in [0.05, 0.1) is 18.8 Å². The molecule has 4 rings (SSSR count). The molecular weight excluding hydrogens is 444 g/mol. The lowest BCUT2D eigenvalue weighted by Gasteiger charge is -2.31. The van der Waals surface area contributed by atoms with E-state index in [-0.39, 0.29) is 24.1 Å². The summed E-state index contributed by atoms with van der Waals surface area (Å²) in [5.74, 6) is 1.78. The lowest BCUT2D eigenvalue weighted by atomic mass is 10.00. The minimum absolute atomic E-state index is 0.0533. The van der Waals surface area contributed by atoms with Gasteiger partial charge in [0.2, 0.25) is 17.8 Å². The van der Waals surface area contributed by atoms with Crippen LogP contribution >= 0.6 is 23.1 Å². The second-order valence-corrected chi connectivity index (χ2v) is 10.6. The van der Waals surface area contributed by atoms with Gasteiger partial charge in [-0.05, 0) is 50.0 Å². The van der Waals surface area contributed by atoms with Gasteiger partial charge in [-0.15, -0.1) is 21.5 Å². The van der Waals surface area contributed by atoms with Crippen LogP contribution in [0, 0.1) is 5.92 Å². The van der Waals surface area contributed by atoms with E-state index >= 15 is 0 Å². The van der Waals surface area contributed by atoms with Gasteiger partial charge in [0.25, 0.3) is 0 Å². The van der Waals surface area contributed by atoms with E-state index in [9.17, 15) is 9.59 Å². The number of thiophene rings is 1. The molecule has 1 N–H and O–H groups in total. The summed E-state index contributed by atoms with van der Waals surface area (Å²) in [7, 11) is 0. The van der Waals surface area contributed by atoms with E-state index in [1.54, 1.807) is 16.2 Å². The molecule has 32 heavy (non-hydrogen) atoms. The second-order valence-electron chi connectivity index (χ2n) is 8.61. The molecule has 174 valence electrons. The number of carbonyl (C=O) groups excluding carboxylic acids is 2. The van der Waals surface area contributed by atoms with Crippen molar-refractivity contribution in [2.24, 2.45) is 5.92 Å². The monoisotopic (exact) mass is 476 g/mol. The number of aromatic nitrogens is 3. The highest BCUT2D eigenvalue weighted by atomic mass is 32.2. The Balaban J connectivity index is 1.32. The first kappa shape index (κ1) is 23.1. The number of hydrogen-bond donors (Lipinski definition) is 1. The number of amides is 2. The topological polar surface area (TPSA) is 83.4 Å². The summed E-state index contributed by atoms with van der Waals surface area (Å²) in [4.78, 5) is 30.2. The van der Waals surface area contributed by atoms with Gasteiger partial charge in [0.15, 0.2) is 5.16 Å². The van der Waals surface area contributed by atoms with Crippen molar-refractivity contribution in [2.75, 3.05) is 36.8 Å². The number of nitrogens with zero attached hydrogens (tertiary/aromatic N) is 5. The maximum atomic E-state index is 12.8. The molecule has 1 saturated carbocycles. The maximum absolute atomic E-state index is 12.8. The minimum Gasteiger partial charge on any atom is -0.350 e. The lowest BCUT2D eigenvalue weighted by molar-refractivity contribution is -0.133. The molecule has 10 heteroatoms. The van der Waals surface area contributed by atoms with Crippen molar-refractivity contribution in [1.82, 2.24) is 25.0 Å². The van der Waals surface area contributed by atoms with Crippen LogP contribution in [-0.2, 0) is 16.1 Å². The van der Waals surface area contributed by atoms with Crippen molar-refractivity contribution in [3.63, 3.8) is 0 Å². The lowest BCUT2D eigenvalue weighted by Crippen LogP contribution is -2.41. The summed E-state index contributed by atoms with van der Waals surface area (Å²) in [6.45, 7) is 7.31. The quantitative estimate of drug-likeness (QED) is 0.531. The van der Waals surface area contributed by atoms with Crippen LogP contribution in [-0.4, -0.2) is 63.4 Å². The fourth-order valence-corrected chi connectivity index (χ4v) is 5.41. The van der Waals surface area contributed by atoms with Crippen molar-refractivity contribution in [2.45, 2.75) is 57.3 Å². The molecule has 2 amide bonds. The van der Waals surface area contributed by atoms with E-state index in [1.807, 2.05) is 24.4 Å². The first-order chi connectivity index (χ1) is 15.5. The smallest absolute Gasteiger partial charge is 0.239 e. The van der Waals surface area contributed by atoms with Crippen molar-refractivity contribution < 1.29 is 9.59 Å². The first-order valence-electron chi connectivity index (χ1n) is 11.4. The van der Waals surface area contributed by atoms with Gasteiger partial charge in [-0.25, -0.2) is 0 Å². The van der Waals surface area contributed by atoms with Crippen molar-refractivity contribution in [1.29, 1.82) is 0 Å². The van der Waals surface area contributed by atoms with E-state index in [2.05, 4.69) is 31.9 Å². The molecule has 1 aliphatic carbocycles. The highest BCUT2D eigenvalue weighted by molar-refractivity contribution is 7.99. The van der Waals surface area contributed by atoms with E-state index in [0.717, 1.165) is 47.8 Å². The van der Waals surface area contributed by atoms with E-state index in [0.29, 0.717) is 19.1 Å². The molecule has 2 aliphatic rings. The van der Waals surface area contributed by atoms with E-state index < -0.39 is 0 Å². The first-order valence-corrected chi connectivity index (χ1v) is 13.3. The van der Waals surface area contributed by atoms with Gasteiger partial charge >= 0.3 is 0 Å². The molecule has 1 saturated heterocycles. The zero-order chi connectivity index (χ0) is 22.5. The number of carbonyl (C=O) groups is 2. The molecule has 0 bridgehead atoms. The molecule has 8 nitrogen and oxygen atoms in total. The minimum atomic E-state index is -0.138. The summed E-state index contributed by atoms with van der Waals surface area (Å²) in [6, 6.07) is 4.39. The van der Waals surface area contributed by atoms with Crippen LogP contribution in [0.4, 0.5) is 5.95 Å². The van der Waals surface area contributed by atoms with Crippen LogP contribution in [0.5, 0.6) is 0 Å². The van der Waals surface area contributed by atoms with Crippen LogP contribution in [0.3, 0.4) is 0 Å². The molecule has 0 spiro atoms. The molecule has 0 aromatic carbocycles. The van der Waals surface area contributed by atoms with Crippen molar-refractivity contribution >= 4 is 40.9 Å². The summed E-state index contributed by atoms with van der Waals surface area (Å²) in [5, 5.41) is 14.6. The van der Waals surface area contributed by atoms with Crippen molar-refractivity contribution in [3.05, 3.63) is 22.4 Å². The van der Waals surface area contributed by atoms with Crippen LogP contribution in [0.1, 0.15) is 50.4 Å². The fraction of sp³-hybridized carbons (Fsp3) is 0.636. The van der Waals surface area contributed by atoms with Crippen LogP contribution in [0.15, 0.2) is 22.7 Å². The molecule has 1 aliphatic heterocycles. The summed E-state index contributed by atoms with van der Waals surface area (Å²) in [5.41, 5.74) is 0. The van der Waals surface area contributed by atoms with Crippen LogP contribution in [0.2, 0.25) is 0 Å². The Morgan fingerprint density at radius 1 is 1.25 bits per heavy atom. The Morgan fingerprint density at radius 3 is 2.69 bits per heavy atom. The van der Waals surface area contributed by atoms with Gasteiger partial charge in [-0.2, -0.15) is 0 Å². The standard InChI is InChI=1S/C22H32N6O2S2/c1-3-26(14-19(29)23-13-18-5-4-12-31-18)20(30)15-32-22-25-24-21(28(22)17-6-7-17)27-10-8-16(2)9-11-27/h4-5,12,16-17H,3,6-11,13-15H2,1-2H3,(H,23,29). The second kappa shape index (κ2) is 10.7. The Hall–Kier alpha value is -2.07. The SMILES string of the molecule is CCN(CC(=O)NCc1cccs1)C(=O)CSc1nnc(N2CCC(C)CC2)n1C1CC1. The molecule has 0 unspecified atom stereocenters.